The van der Waals surface area contributed by atoms with Crippen LogP contribution in [0.15, 0.2) is 48.5 Å². The van der Waals surface area contributed by atoms with Crippen LogP contribution < -0.4 is 15.5 Å². The van der Waals surface area contributed by atoms with E-state index in [4.69, 9.17) is 48.5 Å². The van der Waals surface area contributed by atoms with Gasteiger partial charge < -0.3 is 64.0 Å². The van der Waals surface area contributed by atoms with Crippen LogP contribution in [-0.2, 0) is 68.5 Å². The van der Waals surface area contributed by atoms with Gasteiger partial charge in [0.15, 0.2) is 0 Å². The topological polar surface area (TPSA) is 255 Å². The highest BCUT2D eigenvalue weighted by molar-refractivity contribution is 5.95. The number of hydrogen-bond acceptors (Lipinski definition) is 13. The Morgan fingerprint density at radius 2 is 1.00 bits per heavy atom. The fourth-order valence-corrected chi connectivity index (χ4v) is 6.05. The lowest BCUT2D eigenvalue weighted by molar-refractivity contribution is -0.140. The molecular formula is C45H61N3O16. The highest BCUT2D eigenvalue weighted by Gasteiger charge is 2.34. The van der Waals surface area contributed by atoms with Crippen molar-refractivity contribution in [3.8, 4) is 11.8 Å². The largest absolute Gasteiger partial charge is 0.481 e. The van der Waals surface area contributed by atoms with Gasteiger partial charge in [-0.2, -0.15) is 0 Å². The second-order valence-corrected chi connectivity index (χ2v) is 14.6. The monoisotopic (exact) mass is 899 g/mol. The summed E-state index contributed by atoms with van der Waals surface area (Å²) in [5.41, 5.74) is 2.13. The molecule has 0 radical (unpaired) electrons. The van der Waals surface area contributed by atoms with Gasteiger partial charge in [0.2, 0.25) is 17.7 Å². The Morgan fingerprint density at radius 1 is 0.531 bits per heavy atom. The summed E-state index contributed by atoms with van der Waals surface area (Å²) in [4.78, 5) is 73.1. The van der Waals surface area contributed by atoms with Crippen molar-refractivity contribution in [3.05, 3.63) is 65.2 Å². The van der Waals surface area contributed by atoms with Crippen molar-refractivity contribution in [2.24, 2.45) is 0 Å². The molecule has 0 saturated heterocycles. The Bertz CT molecular complexity index is 1770. The number of carbonyl (C=O) groups is 6. The molecule has 1 heterocycles. The van der Waals surface area contributed by atoms with Crippen molar-refractivity contribution in [1.82, 2.24) is 10.6 Å². The molecule has 1 aliphatic rings. The second kappa shape index (κ2) is 31.4. The summed E-state index contributed by atoms with van der Waals surface area (Å²) in [6.45, 7) is 1.57. The Hall–Kier alpha value is -5.46. The minimum atomic E-state index is -1.37. The maximum absolute atomic E-state index is 13.4. The predicted molar refractivity (Wildman–Crippen MR) is 230 cm³/mol. The fourth-order valence-electron chi connectivity index (χ4n) is 6.05. The minimum Gasteiger partial charge on any atom is -0.481 e. The highest BCUT2D eigenvalue weighted by Crippen LogP contribution is 2.26. The summed E-state index contributed by atoms with van der Waals surface area (Å²) in [6.07, 6.45) is 0.780. The molecule has 0 bridgehead atoms. The molecule has 352 valence electrons. The lowest BCUT2D eigenvalue weighted by Crippen LogP contribution is -2.59. The number of rotatable bonds is 36. The number of amides is 3. The zero-order chi connectivity index (χ0) is 46.3. The smallest absolute Gasteiger partial charge is 0.305 e. The summed E-state index contributed by atoms with van der Waals surface area (Å²) >= 11 is 0. The molecule has 3 rings (SSSR count). The third-order valence-corrected chi connectivity index (χ3v) is 9.30. The third kappa shape index (κ3) is 22.8. The van der Waals surface area contributed by atoms with Crippen LogP contribution in [0.5, 0.6) is 0 Å². The number of fused-ring (bicyclic) bond motifs is 2. The first-order valence-electron chi connectivity index (χ1n) is 21.2. The number of anilines is 1. The Labute approximate surface area is 373 Å². The summed E-state index contributed by atoms with van der Waals surface area (Å²) in [5.74, 6) is 2.54. The average Bonchev–Trinajstić information content (AvgIpc) is 3.26. The van der Waals surface area contributed by atoms with Gasteiger partial charge in [-0.1, -0.05) is 42.2 Å². The van der Waals surface area contributed by atoms with Gasteiger partial charge in [-0.3, -0.25) is 28.8 Å². The Morgan fingerprint density at radius 3 is 1.58 bits per heavy atom. The minimum absolute atomic E-state index is 0.0119. The van der Waals surface area contributed by atoms with Gasteiger partial charge in [-0.15, -0.1) is 0 Å². The maximum Gasteiger partial charge on any atom is 0.305 e. The highest BCUT2D eigenvalue weighted by atomic mass is 16.6. The number of aliphatic carboxylic acids is 3. The van der Waals surface area contributed by atoms with E-state index in [1.165, 1.54) is 0 Å². The zero-order valence-electron chi connectivity index (χ0n) is 36.2. The summed E-state index contributed by atoms with van der Waals surface area (Å²) in [7, 11) is 0. The summed E-state index contributed by atoms with van der Waals surface area (Å²) < 4.78 is 38.4. The number of benzene rings is 2. The van der Waals surface area contributed by atoms with E-state index in [2.05, 4.69) is 22.5 Å². The van der Waals surface area contributed by atoms with Crippen LogP contribution in [-0.4, -0.2) is 156 Å². The van der Waals surface area contributed by atoms with Gasteiger partial charge in [0.25, 0.3) is 0 Å². The molecule has 0 fully saturated rings. The van der Waals surface area contributed by atoms with E-state index < -0.39 is 29.4 Å². The predicted octanol–water partition coefficient (Wildman–Crippen LogP) is 2.40. The van der Waals surface area contributed by atoms with Crippen molar-refractivity contribution < 1.29 is 77.2 Å². The van der Waals surface area contributed by atoms with Gasteiger partial charge in [-0.05, 0) is 36.6 Å². The Balaban J connectivity index is 1.20. The SMILES string of the molecule is O=C(O)CCOCC(COCCC(=O)O)(COCCC(=O)O)NC(=O)CCOCCOCCOCCOCCNC(=O)CCCCC(=O)N1Cc2ccccc2C#Cc2ccccc21. The molecule has 0 unspecified atom stereocenters. The van der Waals surface area contributed by atoms with Crippen molar-refractivity contribution >= 4 is 41.3 Å². The van der Waals surface area contributed by atoms with E-state index >= 15 is 0 Å². The van der Waals surface area contributed by atoms with Gasteiger partial charge in [-0.25, -0.2) is 0 Å². The molecule has 1 aliphatic heterocycles. The van der Waals surface area contributed by atoms with Crippen molar-refractivity contribution in [2.75, 3.05) is 104 Å². The van der Waals surface area contributed by atoms with Crippen LogP contribution in [0.2, 0.25) is 0 Å². The zero-order valence-corrected chi connectivity index (χ0v) is 36.2. The number of para-hydroxylation sites is 1. The molecule has 64 heavy (non-hydrogen) atoms. The van der Waals surface area contributed by atoms with E-state index in [-0.39, 0.29) is 97.0 Å². The molecule has 2 aromatic carbocycles. The number of ether oxygens (including phenoxy) is 7. The lowest BCUT2D eigenvalue weighted by Gasteiger charge is -2.34. The summed E-state index contributed by atoms with van der Waals surface area (Å²) in [5, 5.41) is 32.4. The van der Waals surface area contributed by atoms with E-state index in [0.29, 0.717) is 71.8 Å². The van der Waals surface area contributed by atoms with Crippen LogP contribution >= 0.6 is 0 Å². The van der Waals surface area contributed by atoms with Crippen LogP contribution in [0.3, 0.4) is 0 Å². The third-order valence-electron chi connectivity index (χ3n) is 9.30. The second-order valence-electron chi connectivity index (χ2n) is 14.6. The molecule has 2 aromatic rings. The molecule has 19 heteroatoms. The first-order valence-corrected chi connectivity index (χ1v) is 21.2. The van der Waals surface area contributed by atoms with E-state index in [9.17, 15) is 28.8 Å². The van der Waals surface area contributed by atoms with Crippen molar-refractivity contribution in [2.45, 2.75) is 63.5 Å². The fraction of sp³-hybridized carbons (Fsp3) is 0.556. The van der Waals surface area contributed by atoms with Gasteiger partial charge in [0, 0.05) is 36.9 Å². The molecule has 19 nitrogen and oxygen atoms in total. The van der Waals surface area contributed by atoms with Gasteiger partial charge >= 0.3 is 17.9 Å². The lowest BCUT2D eigenvalue weighted by atomic mass is 10.0. The molecule has 0 spiro atoms. The molecule has 0 aliphatic carbocycles. The Kier molecular flexibility index (Phi) is 25.9. The quantitative estimate of drug-likeness (QED) is 0.0486. The van der Waals surface area contributed by atoms with E-state index in [1.54, 1.807) is 4.90 Å². The van der Waals surface area contributed by atoms with E-state index in [1.807, 2.05) is 48.5 Å². The molecule has 0 atom stereocenters. The van der Waals surface area contributed by atoms with Crippen molar-refractivity contribution in [3.63, 3.8) is 0 Å². The van der Waals surface area contributed by atoms with Gasteiger partial charge in [0.1, 0.15) is 5.54 Å². The molecule has 0 aromatic heterocycles. The number of unbranched alkanes of at least 4 members (excludes halogenated alkanes) is 1. The molecule has 5 N–H and O–H groups in total. The first-order chi connectivity index (χ1) is 31.0. The number of carboxylic acid groups (broad SMARTS) is 3. The summed E-state index contributed by atoms with van der Waals surface area (Å²) in [6, 6.07) is 15.5. The maximum atomic E-state index is 13.4. The molecule has 3 amide bonds. The number of carboxylic acids is 3. The van der Waals surface area contributed by atoms with Crippen LogP contribution in [0.4, 0.5) is 5.69 Å². The van der Waals surface area contributed by atoms with Crippen LogP contribution in [0.25, 0.3) is 0 Å². The average molecular weight is 900 g/mol. The number of nitrogens with zero attached hydrogens (tertiary/aromatic N) is 1. The van der Waals surface area contributed by atoms with Crippen molar-refractivity contribution in [1.29, 1.82) is 0 Å². The van der Waals surface area contributed by atoms with Gasteiger partial charge in [0.05, 0.1) is 124 Å². The van der Waals surface area contributed by atoms with Crippen LogP contribution in [0.1, 0.15) is 68.1 Å². The number of hydrogen-bond donors (Lipinski definition) is 5. The number of nitrogens with one attached hydrogen (secondary N) is 2. The standard InChI is InChI=1S/C45H61N3O16/c49-39(11-5-6-12-41(51)48-31-37-9-2-1-7-35(37)13-14-36-8-3-4-10-38(36)48)46-19-24-59-26-28-61-30-29-60-27-25-58-20-15-40(50)47-45(32-62-21-16-42(52)53,33-63-22-17-43(54)55)34-64-23-18-44(56)57/h1-4,7-10H,5-6,11-12,15-34H2,(H,46,49)(H,47,50)(H,52,53)(H,54,55)(H,56,57). The number of carbonyl (C=O) groups excluding carboxylic acids is 3. The normalized spacial score (nSPS) is 11.9. The van der Waals surface area contributed by atoms with E-state index in [0.717, 1.165) is 22.4 Å². The first kappa shape index (κ1) is 52.9. The van der Waals surface area contributed by atoms with Crippen LogP contribution in [0, 0.1) is 11.8 Å². The molecule has 0 saturated carbocycles. The molecular weight excluding hydrogens is 838 g/mol.